The minimum Gasteiger partial charge on any atom is -0.489 e. The van der Waals surface area contributed by atoms with Gasteiger partial charge in [-0.2, -0.15) is 5.26 Å². The number of carbonyl (C=O) groups excluding carboxylic acids is 1. The fourth-order valence-electron chi connectivity index (χ4n) is 3.48. The highest BCUT2D eigenvalue weighted by molar-refractivity contribution is 8.03. The molecule has 0 aromatic heterocycles. The van der Waals surface area contributed by atoms with E-state index < -0.39 is 11.9 Å². The molecule has 164 valence electrons. The quantitative estimate of drug-likeness (QED) is 0.408. The van der Waals surface area contributed by atoms with E-state index in [1.165, 1.54) is 6.08 Å². The Kier molecular flexibility index (Phi) is 8.18. The maximum atomic E-state index is 12.9. The van der Waals surface area contributed by atoms with Gasteiger partial charge in [0.15, 0.2) is 0 Å². The largest absolute Gasteiger partial charge is 0.489 e. The van der Waals surface area contributed by atoms with E-state index in [9.17, 15) is 10.1 Å². The highest BCUT2D eigenvalue weighted by atomic mass is 32.2. The Labute approximate surface area is 193 Å². The molecule has 0 fully saturated rings. The molecule has 1 atom stereocenters. The smallest absolute Gasteiger partial charge is 0.337 e. The maximum absolute atomic E-state index is 12.9. The van der Waals surface area contributed by atoms with Gasteiger partial charge in [-0.3, -0.25) is 0 Å². The van der Waals surface area contributed by atoms with Crippen LogP contribution in [0.4, 0.5) is 0 Å². The summed E-state index contributed by atoms with van der Waals surface area (Å²) >= 11 is 1.55. The predicted octanol–water partition coefficient (Wildman–Crippen LogP) is 5.44. The molecule has 0 saturated heterocycles. The number of esters is 1. The average Bonchev–Trinajstić information content (AvgIpc) is 2.82. The van der Waals surface area contributed by atoms with E-state index in [0.29, 0.717) is 29.2 Å². The molecule has 1 aliphatic heterocycles. The van der Waals surface area contributed by atoms with E-state index in [0.717, 1.165) is 21.9 Å². The lowest BCUT2D eigenvalue weighted by Crippen LogP contribution is -2.29. The second-order valence-electron chi connectivity index (χ2n) is 7.11. The number of thioether (sulfide) groups is 1. The summed E-state index contributed by atoms with van der Waals surface area (Å²) in [6.45, 7) is 8.03. The van der Waals surface area contributed by atoms with E-state index >= 15 is 0 Å². The van der Waals surface area contributed by atoms with Gasteiger partial charge in [-0.25, -0.2) is 4.79 Å². The third-order valence-electron chi connectivity index (χ3n) is 4.95. The van der Waals surface area contributed by atoms with Crippen molar-refractivity contribution in [3.8, 4) is 11.8 Å². The molecule has 1 N–H and O–H groups in total. The first-order valence-electron chi connectivity index (χ1n) is 10.4. The van der Waals surface area contributed by atoms with E-state index in [2.05, 4.69) is 18.0 Å². The lowest BCUT2D eigenvalue weighted by Gasteiger charge is -2.29. The Balaban J connectivity index is 1.92. The molecular weight excluding hydrogens is 420 g/mol. The molecular formula is C26H26N2O3S. The van der Waals surface area contributed by atoms with Gasteiger partial charge in [-0.1, -0.05) is 62.0 Å². The summed E-state index contributed by atoms with van der Waals surface area (Å²) < 4.78 is 11.2. The summed E-state index contributed by atoms with van der Waals surface area (Å²) in [7, 11) is 0. The number of dihydropyridines is 1. The molecule has 0 aliphatic carbocycles. The zero-order valence-electron chi connectivity index (χ0n) is 18.3. The molecule has 2 aromatic carbocycles. The first-order chi connectivity index (χ1) is 15.6. The number of rotatable bonds is 9. The van der Waals surface area contributed by atoms with Crippen LogP contribution in [0.5, 0.6) is 5.75 Å². The standard InChI is InChI=1S/C26H26N2O3S/c1-4-15-30-26(29)23-18(3)28-25(32-5-2)22(16-27)24(23)20-11-13-21(14-12-20)31-17-19-9-7-6-8-10-19/h4,6-14,24,28H,1,5,15,17H2,2-3H3/t24-/m0/s1. The third-order valence-corrected chi connectivity index (χ3v) is 5.85. The highest BCUT2D eigenvalue weighted by Gasteiger charge is 2.35. The van der Waals surface area contributed by atoms with Crippen LogP contribution in [0.25, 0.3) is 0 Å². The molecule has 0 amide bonds. The van der Waals surface area contributed by atoms with Gasteiger partial charge >= 0.3 is 5.97 Å². The van der Waals surface area contributed by atoms with Crippen LogP contribution in [0.2, 0.25) is 0 Å². The van der Waals surface area contributed by atoms with E-state index in [-0.39, 0.29) is 6.61 Å². The summed E-state index contributed by atoms with van der Waals surface area (Å²) in [6, 6.07) is 19.8. The van der Waals surface area contributed by atoms with Gasteiger partial charge in [-0.05, 0) is 35.9 Å². The molecule has 6 heteroatoms. The number of allylic oxidation sites excluding steroid dienone is 2. The van der Waals surface area contributed by atoms with Crippen molar-refractivity contribution in [2.45, 2.75) is 26.4 Å². The maximum Gasteiger partial charge on any atom is 0.337 e. The second-order valence-corrected chi connectivity index (χ2v) is 8.39. The third kappa shape index (κ3) is 5.43. The number of nitrogens with one attached hydrogen (secondary N) is 1. The SMILES string of the molecule is C=CCOC(=O)C1=C(C)NC(SCC)=C(C#N)[C@@H]1c1ccc(OCc2ccccc2)cc1. The summed E-state index contributed by atoms with van der Waals surface area (Å²) in [6.07, 6.45) is 1.53. The van der Waals surface area contributed by atoms with Crippen LogP contribution in [0.3, 0.4) is 0 Å². The number of hydrogen-bond acceptors (Lipinski definition) is 6. The van der Waals surface area contributed by atoms with Crippen molar-refractivity contribution in [3.63, 3.8) is 0 Å². The summed E-state index contributed by atoms with van der Waals surface area (Å²) in [4.78, 5) is 12.9. The lowest BCUT2D eigenvalue weighted by atomic mass is 9.82. The molecule has 0 saturated carbocycles. The fraction of sp³-hybridized carbons (Fsp3) is 0.231. The summed E-state index contributed by atoms with van der Waals surface area (Å²) in [5, 5.41) is 14.0. The van der Waals surface area contributed by atoms with Crippen molar-refractivity contribution in [2.75, 3.05) is 12.4 Å². The minimum absolute atomic E-state index is 0.108. The first kappa shape index (κ1) is 23.2. The van der Waals surface area contributed by atoms with Crippen LogP contribution >= 0.6 is 11.8 Å². The van der Waals surface area contributed by atoms with Crippen LogP contribution in [0.15, 0.2) is 89.1 Å². The minimum atomic E-state index is -0.518. The highest BCUT2D eigenvalue weighted by Crippen LogP contribution is 2.41. The number of hydrogen-bond donors (Lipinski definition) is 1. The molecule has 3 rings (SSSR count). The Morgan fingerprint density at radius 3 is 2.56 bits per heavy atom. The van der Waals surface area contributed by atoms with E-state index in [4.69, 9.17) is 9.47 Å². The predicted molar refractivity (Wildman–Crippen MR) is 128 cm³/mol. The number of ether oxygens (including phenoxy) is 2. The van der Waals surface area contributed by atoms with Crippen molar-refractivity contribution in [2.24, 2.45) is 0 Å². The van der Waals surface area contributed by atoms with Gasteiger partial charge in [-0.15, -0.1) is 11.8 Å². The van der Waals surface area contributed by atoms with E-state index in [1.807, 2.05) is 68.4 Å². The first-order valence-corrected chi connectivity index (χ1v) is 11.4. The van der Waals surface area contributed by atoms with Crippen LogP contribution < -0.4 is 10.1 Å². The second kappa shape index (κ2) is 11.3. The Morgan fingerprint density at radius 2 is 1.94 bits per heavy atom. The number of benzene rings is 2. The topological polar surface area (TPSA) is 71.3 Å². The summed E-state index contributed by atoms with van der Waals surface area (Å²) in [5.41, 5.74) is 3.53. The molecule has 32 heavy (non-hydrogen) atoms. The van der Waals surface area contributed by atoms with Crippen LogP contribution in [0.1, 0.15) is 30.9 Å². The number of nitrogens with zero attached hydrogens (tertiary/aromatic N) is 1. The number of carbonyl (C=O) groups is 1. The van der Waals surface area contributed by atoms with Crippen molar-refractivity contribution >= 4 is 17.7 Å². The van der Waals surface area contributed by atoms with Gasteiger partial charge in [0.2, 0.25) is 0 Å². The molecule has 0 unspecified atom stereocenters. The van der Waals surface area contributed by atoms with Crippen molar-refractivity contribution in [3.05, 3.63) is 100 Å². The van der Waals surface area contributed by atoms with Crippen LogP contribution in [-0.2, 0) is 16.1 Å². The van der Waals surface area contributed by atoms with Gasteiger partial charge < -0.3 is 14.8 Å². The van der Waals surface area contributed by atoms with Gasteiger partial charge in [0, 0.05) is 5.70 Å². The van der Waals surface area contributed by atoms with Crippen molar-refractivity contribution in [1.29, 1.82) is 5.26 Å². The van der Waals surface area contributed by atoms with Gasteiger partial charge in [0.25, 0.3) is 0 Å². The van der Waals surface area contributed by atoms with Crippen LogP contribution in [0, 0.1) is 11.3 Å². The van der Waals surface area contributed by atoms with Crippen molar-refractivity contribution < 1.29 is 14.3 Å². The van der Waals surface area contributed by atoms with Crippen molar-refractivity contribution in [1.82, 2.24) is 5.32 Å². The molecule has 1 heterocycles. The van der Waals surface area contributed by atoms with Gasteiger partial charge in [0.1, 0.15) is 19.0 Å². The lowest BCUT2D eigenvalue weighted by molar-refractivity contribution is -0.138. The normalized spacial score (nSPS) is 15.6. The fourth-order valence-corrected chi connectivity index (χ4v) is 4.32. The summed E-state index contributed by atoms with van der Waals surface area (Å²) in [5.74, 6) is 0.540. The molecule has 2 aromatic rings. The Hall–Kier alpha value is -3.43. The molecule has 0 radical (unpaired) electrons. The monoisotopic (exact) mass is 446 g/mol. The zero-order chi connectivity index (χ0) is 22.9. The Bertz CT molecular complexity index is 1070. The molecule has 1 aliphatic rings. The van der Waals surface area contributed by atoms with Crippen LogP contribution in [-0.4, -0.2) is 18.3 Å². The molecule has 0 bridgehead atoms. The average molecular weight is 447 g/mol. The van der Waals surface area contributed by atoms with Gasteiger partial charge in [0.05, 0.1) is 28.2 Å². The van der Waals surface area contributed by atoms with E-state index in [1.54, 1.807) is 11.8 Å². The number of nitriles is 1. The Morgan fingerprint density at radius 1 is 1.22 bits per heavy atom. The molecule has 0 spiro atoms. The molecule has 5 nitrogen and oxygen atoms in total. The zero-order valence-corrected chi connectivity index (χ0v) is 19.1.